The summed E-state index contributed by atoms with van der Waals surface area (Å²) >= 11 is 0. The van der Waals surface area contributed by atoms with Crippen molar-refractivity contribution >= 4 is 35.8 Å². The maximum Gasteiger partial charge on any atom is 0.328 e. The molecule has 2 saturated heterocycles. The predicted octanol–water partition coefficient (Wildman–Crippen LogP) is 3.15. The molecule has 4 aliphatic rings. The Hall–Kier alpha value is -4.58. The van der Waals surface area contributed by atoms with Gasteiger partial charge in [0.15, 0.2) is 0 Å². The third-order valence-electron chi connectivity index (χ3n) is 10.1. The number of hydrogen-bond acceptors (Lipinski definition) is 6. The van der Waals surface area contributed by atoms with Gasteiger partial charge in [0.05, 0.1) is 23.9 Å². The van der Waals surface area contributed by atoms with Crippen LogP contribution in [0.5, 0.6) is 0 Å². The topological polar surface area (TPSA) is 156 Å². The van der Waals surface area contributed by atoms with Crippen molar-refractivity contribution in [2.45, 2.75) is 55.4 Å². The third-order valence-corrected chi connectivity index (χ3v) is 10.1. The minimum absolute atomic E-state index is 0.0436. The van der Waals surface area contributed by atoms with Crippen LogP contribution in [0.25, 0.3) is 0 Å². The number of imide groups is 2. The number of carboxylic acids is 2. The lowest BCUT2D eigenvalue weighted by Crippen LogP contribution is -2.42. The first-order valence-electron chi connectivity index (χ1n) is 15.0. The molecule has 4 rings (SSSR count). The number of carbonyl (C=O) groups excluding carboxylic acids is 4. The second-order valence-corrected chi connectivity index (χ2v) is 14.1. The number of rotatable bonds is 10. The first-order valence-corrected chi connectivity index (χ1v) is 15.0. The number of allylic oxidation sites excluding steroid dienone is 4. The summed E-state index contributed by atoms with van der Waals surface area (Å²) in [5, 5.41) is 19.6. The van der Waals surface area contributed by atoms with Crippen molar-refractivity contribution < 1.29 is 39.0 Å². The molecule has 0 spiro atoms. The Balaban J connectivity index is 0.000000250. The molecule has 12 heteroatoms. The number of carbonyl (C=O) groups is 6. The van der Waals surface area contributed by atoms with Crippen LogP contribution in [0.15, 0.2) is 23.3 Å². The molecule has 46 heavy (non-hydrogen) atoms. The first kappa shape index (κ1) is 35.9. The summed E-state index contributed by atoms with van der Waals surface area (Å²) in [6.07, 6.45) is 14.2. The monoisotopic (exact) mass is 636 g/mol. The van der Waals surface area contributed by atoms with Gasteiger partial charge in [0.25, 0.3) is 0 Å². The van der Waals surface area contributed by atoms with Crippen LogP contribution >= 0.6 is 0 Å². The normalized spacial score (nSPS) is 28.6. The van der Waals surface area contributed by atoms with Crippen molar-refractivity contribution in [3.05, 3.63) is 23.3 Å². The number of carboxylic acid groups (broad SMARTS) is 2. The highest BCUT2D eigenvalue weighted by Crippen LogP contribution is 2.71. The molecule has 2 N–H and O–H groups in total. The number of urea groups is 2. The van der Waals surface area contributed by atoms with Gasteiger partial charge in [0, 0.05) is 24.9 Å². The molecule has 2 saturated carbocycles. The standard InChI is InChI=1S/2C17H22N2O4/c2*1-6-7-18-9-13(20)19(15(18)23)10-17(14(21)22)12(8-11(2)3)16(17,4)5/h2*1,8,12H,7,9-10H2,2-5H3,(H,21,22)/t2*12?,17-/m00/s1. The fourth-order valence-corrected chi connectivity index (χ4v) is 7.18. The molecule has 0 bridgehead atoms. The maximum absolute atomic E-state index is 12.3. The van der Waals surface area contributed by atoms with Gasteiger partial charge >= 0.3 is 24.0 Å². The van der Waals surface area contributed by atoms with Crippen molar-refractivity contribution in [3.63, 3.8) is 0 Å². The lowest BCUT2D eigenvalue weighted by Gasteiger charge is -2.22. The van der Waals surface area contributed by atoms with Gasteiger partial charge in [0.2, 0.25) is 11.8 Å². The van der Waals surface area contributed by atoms with E-state index in [-0.39, 0.29) is 51.1 Å². The second-order valence-electron chi connectivity index (χ2n) is 14.1. The molecule has 0 aromatic heterocycles. The van der Waals surface area contributed by atoms with Crippen LogP contribution in [0.2, 0.25) is 0 Å². The molecule has 2 aliphatic heterocycles. The van der Waals surface area contributed by atoms with Crippen LogP contribution in [0.3, 0.4) is 0 Å². The minimum Gasteiger partial charge on any atom is -0.481 e. The van der Waals surface area contributed by atoms with Crippen molar-refractivity contribution in [3.8, 4) is 24.7 Å². The summed E-state index contributed by atoms with van der Waals surface area (Å²) in [7, 11) is 0. The summed E-state index contributed by atoms with van der Waals surface area (Å²) in [5.41, 5.74) is -1.34. The van der Waals surface area contributed by atoms with Gasteiger partial charge in [0.1, 0.15) is 13.1 Å². The Morgan fingerprint density at radius 2 is 1.02 bits per heavy atom. The fourth-order valence-electron chi connectivity index (χ4n) is 7.18. The molecule has 6 amide bonds. The summed E-state index contributed by atoms with van der Waals surface area (Å²) in [4.78, 5) is 77.4. The Bertz CT molecular complexity index is 1390. The lowest BCUT2D eigenvalue weighted by molar-refractivity contribution is -0.147. The van der Waals surface area contributed by atoms with E-state index in [9.17, 15) is 39.0 Å². The quantitative estimate of drug-likeness (QED) is 0.211. The van der Waals surface area contributed by atoms with Gasteiger partial charge in [-0.3, -0.25) is 29.0 Å². The molecule has 248 valence electrons. The second kappa shape index (κ2) is 12.3. The molecule has 12 nitrogen and oxygen atoms in total. The van der Waals surface area contributed by atoms with Crippen LogP contribution in [-0.2, 0) is 19.2 Å². The van der Waals surface area contributed by atoms with E-state index in [1.165, 1.54) is 9.80 Å². The van der Waals surface area contributed by atoms with Gasteiger partial charge in [-0.15, -0.1) is 12.8 Å². The fraction of sp³-hybridized carbons (Fsp3) is 0.588. The lowest BCUT2D eigenvalue weighted by atomic mass is 9.95. The molecule has 2 aliphatic carbocycles. The summed E-state index contributed by atoms with van der Waals surface area (Å²) < 4.78 is 0. The Morgan fingerprint density at radius 1 is 0.717 bits per heavy atom. The third kappa shape index (κ3) is 5.66. The summed E-state index contributed by atoms with van der Waals surface area (Å²) in [5.74, 6) is 1.46. The SMILES string of the molecule is C#CCN1CC(=O)N(C[C@@]2(C(=O)O)C(C=C(C)C)C2(C)C)C1=O.C#CCN1CC(=O)N(C[C@@]2(C(=O)O)C(C=C(C)C)C2(C)C)C1=O. The van der Waals surface area contributed by atoms with E-state index in [4.69, 9.17) is 12.8 Å². The van der Waals surface area contributed by atoms with Gasteiger partial charge in [-0.25, -0.2) is 9.59 Å². The van der Waals surface area contributed by atoms with E-state index >= 15 is 0 Å². The zero-order valence-electron chi connectivity index (χ0n) is 27.8. The van der Waals surface area contributed by atoms with E-state index in [0.717, 1.165) is 20.9 Å². The van der Waals surface area contributed by atoms with Crippen LogP contribution in [0.4, 0.5) is 9.59 Å². The van der Waals surface area contributed by atoms with Crippen molar-refractivity contribution in [1.82, 2.24) is 19.6 Å². The minimum atomic E-state index is -1.15. The molecule has 4 atom stereocenters. The first-order chi connectivity index (χ1) is 21.2. The van der Waals surface area contributed by atoms with Gasteiger partial charge in [-0.2, -0.15) is 0 Å². The largest absolute Gasteiger partial charge is 0.481 e. The van der Waals surface area contributed by atoms with Crippen LogP contribution in [0.1, 0.15) is 55.4 Å². The number of terminal acetylenes is 2. The molecule has 0 aromatic rings. The van der Waals surface area contributed by atoms with Crippen molar-refractivity contribution in [2.75, 3.05) is 39.3 Å². The number of amides is 6. The van der Waals surface area contributed by atoms with E-state index in [2.05, 4.69) is 11.8 Å². The van der Waals surface area contributed by atoms with Crippen LogP contribution in [0, 0.1) is 58.2 Å². The number of hydrogen-bond donors (Lipinski definition) is 2. The Kier molecular flexibility index (Phi) is 9.61. The highest BCUT2D eigenvalue weighted by Gasteiger charge is 2.77. The molecule has 4 fully saturated rings. The summed E-state index contributed by atoms with van der Waals surface area (Å²) in [6.45, 7) is 14.7. The number of nitrogens with zero attached hydrogens (tertiary/aromatic N) is 4. The Labute approximate surface area is 270 Å². The molecule has 2 unspecified atom stereocenters. The highest BCUT2D eigenvalue weighted by molar-refractivity contribution is 6.03. The smallest absolute Gasteiger partial charge is 0.328 e. The average Bonchev–Trinajstić information content (AvgIpc) is 3.45. The molecular formula is C34H44N4O8. The van der Waals surface area contributed by atoms with Crippen molar-refractivity contribution in [1.29, 1.82) is 0 Å². The summed E-state index contributed by atoms with van der Waals surface area (Å²) in [6, 6.07) is -1.01. The molecular weight excluding hydrogens is 592 g/mol. The van der Waals surface area contributed by atoms with Crippen LogP contribution in [-0.4, -0.2) is 105 Å². The number of aliphatic carboxylic acids is 2. The van der Waals surface area contributed by atoms with Gasteiger partial charge in [-0.1, -0.05) is 62.8 Å². The zero-order chi connectivity index (χ0) is 35.2. The predicted molar refractivity (Wildman–Crippen MR) is 169 cm³/mol. The van der Waals surface area contributed by atoms with Gasteiger partial charge < -0.3 is 20.0 Å². The van der Waals surface area contributed by atoms with E-state index in [0.29, 0.717) is 0 Å². The molecule has 0 aromatic carbocycles. The van der Waals surface area contributed by atoms with E-state index < -0.39 is 57.5 Å². The van der Waals surface area contributed by atoms with E-state index in [1.54, 1.807) is 0 Å². The highest BCUT2D eigenvalue weighted by atomic mass is 16.4. The van der Waals surface area contributed by atoms with E-state index in [1.807, 2.05) is 67.5 Å². The Morgan fingerprint density at radius 3 is 1.26 bits per heavy atom. The average molecular weight is 637 g/mol. The van der Waals surface area contributed by atoms with Crippen LogP contribution < -0.4 is 0 Å². The van der Waals surface area contributed by atoms with Gasteiger partial charge in [-0.05, 0) is 38.5 Å². The zero-order valence-corrected chi connectivity index (χ0v) is 27.8. The molecule has 0 radical (unpaired) electrons. The molecule has 2 heterocycles. The van der Waals surface area contributed by atoms with Crippen molar-refractivity contribution in [2.24, 2.45) is 33.5 Å². The maximum atomic E-state index is 12.3.